The zero-order valence-corrected chi connectivity index (χ0v) is 21.0. The summed E-state index contributed by atoms with van der Waals surface area (Å²) in [6, 6.07) is 0. The molecule has 0 bridgehead atoms. The van der Waals surface area contributed by atoms with Gasteiger partial charge < -0.3 is 19.5 Å². The fraction of sp³-hybridized carbons (Fsp3) is 0.808. The van der Waals surface area contributed by atoms with E-state index in [-0.39, 0.29) is 23.4 Å². The van der Waals surface area contributed by atoms with Gasteiger partial charge in [-0.05, 0) is 80.1 Å². The van der Waals surface area contributed by atoms with Crippen molar-refractivity contribution in [2.75, 3.05) is 20.8 Å². The van der Waals surface area contributed by atoms with E-state index in [9.17, 15) is 9.90 Å². The number of esters is 1. The highest BCUT2D eigenvalue weighted by Crippen LogP contribution is 2.68. The summed E-state index contributed by atoms with van der Waals surface area (Å²) >= 11 is 0. The number of ether oxygens (including phenoxy) is 1. The van der Waals surface area contributed by atoms with Gasteiger partial charge in [-0.25, -0.2) is 0 Å². The Morgan fingerprint density at radius 2 is 1.88 bits per heavy atom. The van der Waals surface area contributed by atoms with Crippen molar-refractivity contribution < 1.29 is 24.3 Å². The molecule has 7 heteroatoms. The maximum Gasteiger partial charge on any atom is 0.303 e. The molecule has 4 rings (SSSR count). The minimum Gasteiger partial charge on any atom is -0.459 e. The molecule has 0 aromatic carbocycles. The summed E-state index contributed by atoms with van der Waals surface area (Å²) in [5.41, 5.74) is 1.74. The van der Waals surface area contributed by atoms with E-state index in [0.717, 1.165) is 44.2 Å². The molecule has 33 heavy (non-hydrogen) atoms. The summed E-state index contributed by atoms with van der Waals surface area (Å²) in [5.74, 6) is 1.64. The molecule has 0 aromatic rings. The zero-order chi connectivity index (χ0) is 24.0. The molecule has 0 aromatic heterocycles. The minimum atomic E-state index is -1.13. The Morgan fingerprint density at radius 1 is 1.15 bits per heavy atom. The van der Waals surface area contributed by atoms with Gasteiger partial charge in [-0.15, -0.1) is 0 Å². The van der Waals surface area contributed by atoms with E-state index in [4.69, 9.17) is 14.4 Å². The Hall–Kier alpha value is -1.89. The van der Waals surface area contributed by atoms with Crippen LogP contribution in [0.15, 0.2) is 22.0 Å². The van der Waals surface area contributed by atoms with Crippen molar-refractivity contribution in [1.82, 2.24) is 0 Å². The largest absolute Gasteiger partial charge is 0.459 e. The van der Waals surface area contributed by atoms with Crippen molar-refractivity contribution in [2.45, 2.75) is 78.2 Å². The third-order valence-electron chi connectivity index (χ3n) is 9.75. The smallest absolute Gasteiger partial charge is 0.303 e. The van der Waals surface area contributed by atoms with Crippen molar-refractivity contribution >= 4 is 17.4 Å². The average Bonchev–Trinajstić information content (AvgIpc) is 3.04. The van der Waals surface area contributed by atoms with Crippen molar-refractivity contribution in [3.63, 3.8) is 0 Å². The number of carbonyl (C=O) groups is 1. The maximum absolute atomic E-state index is 12.1. The number of nitrogens with zero attached hydrogens (tertiary/aromatic N) is 2. The third kappa shape index (κ3) is 3.71. The normalized spacial score (nSPS) is 43.8. The second-order valence-electron chi connectivity index (χ2n) is 11.2. The molecule has 0 amide bonds. The van der Waals surface area contributed by atoms with Gasteiger partial charge in [0.15, 0.2) is 0 Å². The summed E-state index contributed by atoms with van der Waals surface area (Å²) in [4.78, 5) is 21.6. The topological polar surface area (TPSA) is 89.7 Å². The van der Waals surface area contributed by atoms with E-state index in [1.807, 2.05) is 0 Å². The second kappa shape index (κ2) is 8.71. The number of aliphatic hydroxyl groups is 1. The van der Waals surface area contributed by atoms with Gasteiger partial charge in [-0.1, -0.05) is 36.7 Å². The molecule has 0 heterocycles. The van der Waals surface area contributed by atoms with Crippen LogP contribution in [0.5, 0.6) is 0 Å². The van der Waals surface area contributed by atoms with Crippen molar-refractivity contribution in [2.24, 2.45) is 44.8 Å². The van der Waals surface area contributed by atoms with Gasteiger partial charge in [0, 0.05) is 12.3 Å². The van der Waals surface area contributed by atoms with Crippen LogP contribution >= 0.6 is 0 Å². The molecule has 0 saturated heterocycles. The number of rotatable bonds is 5. The SMILES string of the molecule is CO/N=C(/COC(C)=O)[C@@]1(O)CC[C@H]2[C@@H]3C[C@H](C)C4=C/C(=N/OC)CC[C@]4(C)[C@H]3CC[C@@]21C. The summed E-state index contributed by atoms with van der Waals surface area (Å²) in [5, 5.41) is 20.5. The average molecular weight is 461 g/mol. The van der Waals surface area contributed by atoms with E-state index in [0.29, 0.717) is 35.8 Å². The lowest BCUT2D eigenvalue weighted by Gasteiger charge is -2.60. The quantitative estimate of drug-likeness (QED) is 0.371. The monoisotopic (exact) mass is 460 g/mol. The lowest BCUT2D eigenvalue weighted by molar-refractivity contribution is -0.140. The van der Waals surface area contributed by atoms with Crippen LogP contribution in [-0.2, 0) is 19.2 Å². The van der Waals surface area contributed by atoms with Crippen LogP contribution < -0.4 is 0 Å². The molecule has 1 N–H and O–H groups in total. The van der Waals surface area contributed by atoms with Gasteiger partial charge in [0.25, 0.3) is 0 Å². The molecule has 0 unspecified atom stereocenters. The first kappa shape index (κ1) is 24.2. The van der Waals surface area contributed by atoms with E-state index in [1.54, 1.807) is 7.11 Å². The standard InChI is InChI=1S/C26H40N2O5/c1-16-13-19-20(24(3)10-7-18(27-31-5)14-22(16)24)8-11-25(4)21(19)9-12-26(25,30)23(28-32-6)15-33-17(2)29/h14,16,19-21,30H,7-13,15H2,1-6H3/b27-18+,28-23-/t16-,19+,20-,21-,24+,25-,26-/m0/s1. The molecule has 3 saturated carbocycles. The predicted molar refractivity (Wildman–Crippen MR) is 127 cm³/mol. The Morgan fingerprint density at radius 3 is 2.55 bits per heavy atom. The first-order valence-corrected chi connectivity index (χ1v) is 12.4. The van der Waals surface area contributed by atoms with Crippen LogP contribution in [0.4, 0.5) is 0 Å². The van der Waals surface area contributed by atoms with Crippen LogP contribution in [-0.4, -0.2) is 48.9 Å². The van der Waals surface area contributed by atoms with E-state index < -0.39 is 5.60 Å². The van der Waals surface area contributed by atoms with Crippen LogP contribution in [0.25, 0.3) is 0 Å². The lowest BCUT2D eigenvalue weighted by Crippen LogP contribution is -2.59. The molecule has 7 nitrogen and oxygen atoms in total. The molecule has 0 aliphatic heterocycles. The number of carbonyl (C=O) groups excluding carboxylic acids is 1. The molecule has 3 fully saturated rings. The molecule has 184 valence electrons. The summed E-state index contributed by atoms with van der Waals surface area (Å²) < 4.78 is 5.26. The lowest BCUT2D eigenvalue weighted by atomic mass is 9.44. The molecule has 4 aliphatic rings. The summed E-state index contributed by atoms with van der Waals surface area (Å²) in [6.45, 7) is 8.38. The molecule has 0 radical (unpaired) electrons. The number of oxime groups is 2. The van der Waals surface area contributed by atoms with Gasteiger partial charge in [-0.2, -0.15) is 0 Å². The van der Waals surface area contributed by atoms with Gasteiger partial charge >= 0.3 is 5.97 Å². The van der Waals surface area contributed by atoms with Crippen molar-refractivity contribution in [3.8, 4) is 0 Å². The van der Waals surface area contributed by atoms with E-state index in [2.05, 4.69) is 37.2 Å². The molecular weight excluding hydrogens is 420 g/mol. The third-order valence-corrected chi connectivity index (χ3v) is 9.75. The van der Waals surface area contributed by atoms with Crippen LogP contribution in [0.3, 0.4) is 0 Å². The highest BCUT2D eigenvalue weighted by Gasteiger charge is 2.66. The summed E-state index contributed by atoms with van der Waals surface area (Å²) in [6.07, 6.45) is 9.05. The number of hydrogen-bond acceptors (Lipinski definition) is 7. The van der Waals surface area contributed by atoms with Crippen molar-refractivity contribution in [3.05, 3.63) is 11.6 Å². The first-order valence-electron chi connectivity index (χ1n) is 12.4. The van der Waals surface area contributed by atoms with Crippen molar-refractivity contribution in [1.29, 1.82) is 0 Å². The minimum absolute atomic E-state index is 0.0291. The van der Waals surface area contributed by atoms with Gasteiger partial charge in [0.1, 0.15) is 32.1 Å². The molecule has 0 spiro atoms. The maximum atomic E-state index is 12.1. The molecular formula is C26H40N2O5. The number of hydrogen-bond donors (Lipinski definition) is 1. The fourth-order valence-electron chi connectivity index (χ4n) is 8.18. The first-order chi connectivity index (χ1) is 15.6. The van der Waals surface area contributed by atoms with E-state index in [1.165, 1.54) is 19.6 Å². The Labute approximate surface area is 197 Å². The predicted octanol–water partition coefficient (Wildman–Crippen LogP) is 4.49. The highest BCUT2D eigenvalue weighted by atomic mass is 16.6. The Bertz CT molecular complexity index is 882. The van der Waals surface area contributed by atoms with Gasteiger partial charge in [0.2, 0.25) is 0 Å². The Kier molecular flexibility index (Phi) is 6.40. The van der Waals surface area contributed by atoms with Gasteiger partial charge in [-0.3, -0.25) is 4.79 Å². The number of allylic oxidation sites excluding steroid dienone is 2. The second-order valence-corrected chi connectivity index (χ2v) is 11.2. The Balaban J connectivity index is 1.66. The van der Waals surface area contributed by atoms with Crippen LogP contribution in [0.1, 0.15) is 72.6 Å². The van der Waals surface area contributed by atoms with Gasteiger partial charge in [0.05, 0.1) is 5.71 Å². The zero-order valence-electron chi connectivity index (χ0n) is 21.0. The highest BCUT2D eigenvalue weighted by molar-refractivity contribution is 5.96. The molecule has 7 atom stereocenters. The number of fused-ring (bicyclic) bond motifs is 5. The van der Waals surface area contributed by atoms with Crippen LogP contribution in [0, 0.1) is 34.5 Å². The fourth-order valence-corrected chi connectivity index (χ4v) is 8.18. The van der Waals surface area contributed by atoms with E-state index >= 15 is 0 Å². The molecule has 4 aliphatic carbocycles. The summed E-state index contributed by atoms with van der Waals surface area (Å²) in [7, 11) is 3.09. The van der Waals surface area contributed by atoms with Crippen LogP contribution in [0.2, 0.25) is 0 Å².